The number of urea groups is 1. The second-order valence-electron chi connectivity index (χ2n) is 9.33. The molecular formula is C28H19ClF6N6O4S. The number of nitrogens with zero attached hydrogens (tertiary/aromatic N) is 5. The molecular weight excluding hydrogens is 666 g/mol. The number of hydrogen-bond donors (Lipinski definition) is 1. The summed E-state index contributed by atoms with van der Waals surface area (Å²) < 4.78 is 84.9. The van der Waals surface area contributed by atoms with Crippen molar-refractivity contribution in [3.8, 4) is 22.8 Å². The summed E-state index contributed by atoms with van der Waals surface area (Å²) in [5.41, 5.74) is 1.56. The van der Waals surface area contributed by atoms with E-state index in [1.165, 1.54) is 47.4 Å². The lowest BCUT2D eigenvalue weighted by molar-refractivity contribution is -0.274. The first-order valence-electron chi connectivity index (χ1n) is 12.9. The van der Waals surface area contributed by atoms with Crippen LogP contribution >= 0.6 is 23.4 Å². The largest absolute Gasteiger partial charge is 0.573 e. The quantitative estimate of drug-likeness (QED) is 0.195. The van der Waals surface area contributed by atoms with Crippen molar-refractivity contribution in [1.29, 1.82) is 0 Å². The average molecular weight is 685 g/mol. The fraction of sp³-hybridized carbons (Fsp3) is 0.179. The number of carbonyl (C=O) groups excluding carboxylic acids is 2. The molecule has 240 valence electrons. The third-order valence-electron chi connectivity index (χ3n) is 6.02. The molecule has 1 saturated heterocycles. The van der Waals surface area contributed by atoms with Crippen LogP contribution in [0.5, 0.6) is 5.75 Å². The number of aliphatic imine (C=N–C) groups is 1. The molecule has 0 aliphatic carbocycles. The summed E-state index contributed by atoms with van der Waals surface area (Å²) in [5.74, 6) is -0.662. The van der Waals surface area contributed by atoms with E-state index in [9.17, 15) is 35.9 Å². The van der Waals surface area contributed by atoms with Crippen LogP contribution in [0.4, 0.5) is 42.5 Å². The van der Waals surface area contributed by atoms with Gasteiger partial charge >= 0.3 is 18.6 Å². The minimum absolute atomic E-state index is 0.00617. The number of nitrogens with one attached hydrogen (secondary N) is 1. The smallest absolute Gasteiger partial charge is 0.406 e. The Kier molecular flexibility index (Phi) is 9.55. The molecule has 1 aromatic heterocycles. The van der Waals surface area contributed by atoms with Crippen LogP contribution in [-0.2, 0) is 16.1 Å². The second-order valence-corrected chi connectivity index (χ2v) is 10.7. The zero-order valence-electron chi connectivity index (χ0n) is 23.0. The van der Waals surface area contributed by atoms with Crippen molar-refractivity contribution in [1.82, 2.24) is 14.8 Å². The number of halogens is 7. The van der Waals surface area contributed by atoms with Gasteiger partial charge < -0.3 is 14.8 Å². The van der Waals surface area contributed by atoms with Gasteiger partial charge in [0.1, 0.15) is 18.7 Å². The summed E-state index contributed by atoms with van der Waals surface area (Å²) in [6.45, 7) is -1.90. The number of thioether (sulfide) groups is 1. The number of alkyl halides is 6. The highest BCUT2D eigenvalue weighted by molar-refractivity contribution is 8.15. The van der Waals surface area contributed by atoms with Crippen molar-refractivity contribution in [2.45, 2.75) is 19.1 Å². The molecule has 10 nitrogen and oxygen atoms in total. The monoisotopic (exact) mass is 684 g/mol. The van der Waals surface area contributed by atoms with Gasteiger partial charge in [-0.1, -0.05) is 41.6 Å². The van der Waals surface area contributed by atoms with Gasteiger partial charge in [-0.25, -0.2) is 14.5 Å². The molecule has 0 bridgehead atoms. The number of aromatic nitrogens is 3. The van der Waals surface area contributed by atoms with Gasteiger partial charge in [0.2, 0.25) is 5.91 Å². The van der Waals surface area contributed by atoms with Crippen LogP contribution in [0.25, 0.3) is 17.1 Å². The zero-order valence-corrected chi connectivity index (χ0v) is 24.5. The predicted octanol–water partition coefficient (Wildman–Crippen LogP) is 7.23. The van der Waals surface area contributed by atoms with Crippen molar-refractivity contribution < 1.29 is 45.4 Å². The molecule has 46 heavy (non-hydrogen) atoms. The highest BCUT2D eigenvalue weighted by Crippen LogP contribution is 2.32. The van der Waals surface area contributed by atoms with Gasteiger partial charge in [0.15, 0.2) is 11.0 Å². The van der Waals surface area contributed by atoms with Crippen molar-refractivity contribution >= 4 is 51.8 Å². The molecule has 5 rings (SSSR count). The number of anilines is 2. The van der Waals surface area contributed by atoms with Crippen molar-refractivity contribution in [3.05, 3.63) is 83.6 Å². The molecule has 3 aromatic carbocycles. The Morgan fingerprint density at radius 1 is 1.04 bits per heavy atom. The Labute approximate surface area is 265 Å². The van der Waals surface area contributed by atoms with Crippen LogP contribution in [0.2, 0.25) is 5.02 Å². The zero-order chi connectivity index (χ0) is 33.1. The highest BCUT2D eigenvalue weighted by atomic mass is 35.5. The number of ether oxygens (including phenoxy) is 2. The molecule has 0 spiro atoms. The molecule has 0 saturated carbocycles. The van der Waals surface area contributed by atoms with Gasteiger partial charge in [-0.2, -0.15) is 18.2 Å². The number of rotatable bonds is 8. The molecule has 18 heteroatoms. The Morgan fingerprint density at radius 3 is 2.48 bits per heavy atom. The molecule has 1 fully saturated rings. The highest BCUT2D eigenvalue weighted by Gasteiger charge is 2.33. The number of hydrogen-bond acceptors (Lipinski definition) is 7. The van der Waals surface area contributed by atoms with E-state index in [-0.39, 0.29) is 38.7 Å². The predicted molar refractivity (Wildman–Crippen MR) is 157 cm³/mol. The fourth-order valence-corrected chi connectivity index (χ4v) is 5.19. The van der Waals surface area contributed by atoms with Gasteiger partial charge in [-0.05, 0) is 48.5 Å². The molecule has 1 N–H and O–H groups in total. The summed E-state index contributed by atoms with van der Waals surface area (Å²) >= 11 is 7.36. The number of amides is 3. The van der Waals surface area contributed by atoms with Gasteiger partial charge in [-0.15, -0.1) is 18.3 Å². The van der Waals surface area contributed by atoms with E-state index in [1.54, 1.807) is 18.2 Å². The summed E-state index contributed by atoms with van der Waals surface area (Å²) in [5, 5.41) is 6.93. The van der Waals surface area contributed by atoms with Gasteiger partial charge in [0, 0.05) is 11.1 Å². The van der Waals surface area contributed by atoms with E-state index in [2.05, 4.69) is 25.1 Å². The molecule has 1 aliphatic rings. The maximum absolute atomic E-state index is 12.8. The molecule has 1 aliphatic heterocycles. The van der Waals surface area contributed by atoms with E-state index >= 15 is 0 Å². The summed E-state index contributed by atoms with van der Waals surface area (Å²) in [6.07, 6.45) is -7.98. The first-order valence-corrected chi connectivity index (χ1v) is 14.3. The first-order chi connectivity index (χ1) is 21.8. The SMILES string of the molecule is O=C(/N=C1\SCC(=O)N1c1ccccc1COCC(F)(F)F)Nc1ccc(-n2cnc(-c3ccc(OC(F)(F)F)cc3)n2)cc1Cl. The van der Waals surface area contributed by atoms with Crippen molar-refractivity contribution in [2.24, 2.45) is 4.99 Å². The minimum atomic E-state index is -4.82. The van der Waals surface area contributed by atoms with Crippen molar-refractivity contribution in [3.63, 3.8) is 0 Å². The van der Waals surface area contributed by atoms with Gasteiger partial charge in [0.05, 0.1) is 34.4 Å². The van der Waals surface area contributed by atoms with Crippen LogP contribution in [-0.4, -0.2) is 56.8 Å². The lowest BCUT2D eigenvalue weighted by Gasteiger charge is -2.20. The molecule has 0 radical (unpaired) electrons. The Balaban J connectivity index is 1.27. The Morgan fingerprint density at radius 2 is 1.78 bits per heavy atom. The van der Waals surface area contributed by atoms with Crippen molar-refractivity contribution in [2.75, 3.05) is 22.6 Å². The Hall–Kier alpha value is -4.61. The number of carbonyl (C=O) groups is 2. The summed E-state index contributed by atoms with van der Waals surface area (Å²) in [7, 11) is 0. The van der Waals surface area contributed by atoms with E-state index in [0.717, 1.165) is 28.8 Å². The molecule has 0 unspecified atom stereocenters. The maximum Gasteiger partial charge on any atom is 0.573 e. The second kappa shape index (κ2) is 13.4. The number of para-hydroxylation sites is 1. The number of amidine groups is 1. The lowest BCUT2D eigenvalue weighted by atomic mass is 10.1. The topological polar surface area (TPSA) is 111 Å². The molecule has 0 atom stereocenters. The van der Waals surface area contributed by atoms with Crippen LogP contribution in [0, 0.1) is 0 Å². The third-order valence-corrected chi connectivity index (χ3v) is 7.25. The van der Waals surface area contributed by atoms with E-state index in [0.29, 0.717) is 11.3 Å². The average Bonchev–Trinajstić information content (AvgIpc) is 3.60. The minimum Gasteiger partial charge on any atom is -0.406 e. The lowest BCUT2D eigenvalue weighted by Crippen LogP contribution is -2.31. The summed E-state index contributed by atoms with van der Waals surface area (Å²) in [6, 6.07) is 14.8. The fourth-order valence-electron chi connectivity index (χ4n) is 4.11. The van der Waals surface area contributed by atoms with Gasteiger partial charge in [-0.3, -0.25) is 9.69 Å². The molecule has 4 aromatic rings. The maximum atomic E-state index is 12.8. The normalized spacial score (nSPS) is 14.6. The third kappa shape index (κ3) is 8.35. The van der Waals surface area contributed by atoms with Crippen LogP contribution in [0.3, 0.4) is 0 Å². The van der Waals surface area contributed by atoms with E-state index in [4.69, 9.17) is 16.3 Å². The van der Waals surface area contributed by atoms with Crippen LogP contribution < -0.4 is 15.0 Å². The van der Waals surface area contributed by atoms with Crippen LogP contribution in [0.15, 0.2) is 78.0 Å². The van der Waals surface area contributed by atoms with E-state index < -0.39 is 43.4 Å². The number of benzene rings is 3. The first kappa shape index (κ1) is 32.8. The Bertz CT molecular complexity index is 1780. The van der Waals surface area contributed by atoms with Gasteiger partial charge in [0.25, 0.3) is 0 Å². The molecule has 2 heterocycles. The standard InChI is InChI=1S/C28H19ClF6N6O4S/c29-20-11-18(40-15-36-24(39-40)16-5-8-19(9-6-16)45-28(33,34)35)7-10-21(20)37-25(43)38-26-41(23(42)13-46-26)22-4-2-1-3-17(22)12-44-14-27(30,31)32/h1-11,15H,12-14H2,(H,37,43)/b38-26-. The van der Waals surface area contributed by atoms with Crippen LogP contribution in [0.1, 0.15) is 5.56 Å². The van der Waals surface area contributed by atoms with E-state index in [1.807, 2.05) is 0 Å². The summed E-state index contributed by atoms with van der Waals surface area (Å²) in [4.78, 5) is 34.8. The molecule has 3 amide bonds.